The molecular weight excluding hydrogens is 914 g/mol. The summed E-state index contributed by atoms with van der Waals surface area (Å²) in [7, 11) is 0. The Labute approximate surface area is 372 Å². The van der Waals surface area contributed by atoms with Crippen LogP contribution >= 0.6 is 0 Å². The van der Waals surface area contributed by atoms with Gasteiger partial charge in [0.1, 0.15) is 5.82 Å². The van der Waals surface area contributed by atoms with Gasteiger partial charge in [0, 0.05) is 38.5 Å². The van der Waals surface area contributed by atoms with E-state index in [0.717, 1.165) is 50.6 Å². The predicted molar refractivity (Wildman–Crippen MR) is 251 cm³/mol. The summed E-state index contributed by atoms with van der Waals surface area (Å²) in [5, 5.41) is 6.01. The molecule has 1 aliphatic heterocycles. The maximum absolute atomic E-state index is 4.93. The Hall–Kier alpha value is -5.12. The molecule has 0 unspecified atom stereocenters. The van der Waals surface area contributed by atoms with Crippen molar-refractivity contribution in [2.24, 2.45) is 0 Å². The van der Waals surface area contributed by atoms with Gasteiger partial charge in [0.05, 0.1) is 0 Å². The molecule has 0 saturated carbocycles. The van der Waals surface area contributed by atoms with Crippen molar-refractivity contribution in [3.63, 3.8) is 0 Å². The van der Waals surface area contributed by atoms with Gasteiger partial charge < -0.3 is 19.7 Å². The number of anilines is 4. The van der Waals surface area contributed by atoms with Gasteiger partial charge in [0.25, 0.3) is 0 Å². The molecule has 5 aromatic carbocycles. The SMILES string of the molecule is CC(C)(C)c1ccc(-c2ccnc(-n3c4[c-]c(Nc5[c-]c(N6C=CN(c7cc(C(C)(C)C)cc(C(C)(C)C)c7)[CH-]6)cc(C(C)(C)C)c5)ccc4c4ccccc43)c2)cc1.[Pt]. The molecule has 0 saturated heterocycles. The van der Waals surface area contributed by atoms with Gasteiger partial charge in [-0.25, -0.2) is 4.98 Å². The first-order valence-corrected chi connectivity index (χ1v) is 20.9. The molecule has 8 rings (SSSR count). The predicted octanol–water partition coefficient (Wildman–Crippen LogP) is 14.3. The van der Waals surface area contributed by atoms with Crippen LogP contribution in [0.2, 0.25) is 0 Å². The standard InChI is InChI=1S/C54H58N5.Pt/c1-51(2,3)38-19-17-36(18-20-38)37-23-24-55-50(27-37)59-48-16-14-13-15-46(48)47-22-21-42(34-49(47)59)56-43-29-41(54(10,11)12)32-45(33-43)58-26-25-57(35-58)44-30-39(52(4,5)6)28-40(31-44)53(7,8)9;/h13-32,35,56H,1-12H3;/q-3;. The van der Waals surface area contributed by atoms with E-state index in [1.54, 1.807) is 0 Å². The van der Waals surface area contributed by atoms with Gasteiger partial charge in [0.15, 0.2) is 0 Å². The van der Waals surface area contributed by atoms with Crippen molar-refractivity contribution in [1.82, 2.24) is 9.55 Å². The van der Waals surface area contributed by atoms with Crippen LogP contribution in [0, 0.1) is 18.8 Å². The van der Waals surface area contributed by atoms with Crippen LogP contribution < -0.4 is 15.1 Å². The van der Waals surface area contributed by atoms with E-state index in [1.165, 1.54) is 33.2 Å². The maximum atomic E-state index is 4.93. The molecule has 60 heavy (non-hydrogen) atoms. The van der Waals surface area contributed by atoms with Gasteiger partial charge in [-0.15, -0.1) is 53.6 Å². The molecule has 0 fully saturated rings. The number of rotatable bonds is 6. The van der Waals surface area contributed by atoms with Gasteiger partial charge in [-0.2, -0.15) is 6.07 Å². The van der Waals surface area contributed by atoms with E-state index in [4.69, 9.17) is 4.98 Å². The number of aromatic nitrogens is 2. The van der Waals surface area contributed by atoms with Crippen LogP contribution in [0.3, 0.4) is 0 Å². The summed E-state index contributed by atoms with van der Waals surface area (Å²) in [5.74, 6) is 0.856. The monoisotopic (exact) mass is 971 g/mol. The number of para-hydroxylation sites is 1. The minimum atomic E-state index is -0.0874. The first kappa shape index (κ1) is 43.0. The molecule has 2 aromatic heterocycles. The molecule has 1 N–H and O–H groups in total. The zero-order valence-corrected chi connectivity index (χ0v) is 39.5. The van der Waals surface area contributed by atoms with Crippen LogP contribution in [0.25, 0.3) is 38.8 Å². The number of nitrogens with zero attached hydrogens (tertiary/aromatic N) is 4. The van der Waals surface area contributed by atoms with E-state index in [2.05, 4.69) is 237 Å². The zero-order valence-electron chi connectivity index (χ0n) is 37.2. The van der Waals surface area contributed by atoms with E-state index in [-0.39, 0.29) is 42.7 Å². The van der Waals surface area contributed by atoms with Crippen LogP contribution in [-0.4, -0.2) is 9.55 Å². The third-order valence-electron chi connectivity index (χ3n) is 11.5. The molecular formula is C54H58N5Pt-3. The fraction of sp³-hybridized carbons (Fsp3) is 0.296. The average molecular weight is 972 g/mol. The Balaban J connectivity index is 0.00000544. The number of pyridine rings is 1. The molecule has 0 atom stereocenters. The van der Waals surface area contributed by atoms with Crippen molar-refractivity contribution < 1.29 is 21.1 Å². The van der Waals surface area contributed by atoms with Crippen molar-refractivity contribution in [1.29, 1.82) is 0 Å². The summed E-state index contributed by atoms with van der Waals surface area (Å²) in [6, 6.07) is 45.0. The zero-order chi connectivity index (χ0) is 42.1. The van der Waals surface area contributed by atoms with Crippen molar-refractivity contribution in [3.8, 4) is 16.9 Å². The van der Waals surface area contributed by atoms with Crippen LogP contribution in [0.4, 0.5) is 22.7 Å². The summed E-state index contributed by atoms with van der Waals surface area (Å²) >= 11 is 0. The van der Waals surface area contributed by atoms with Crippen molar-refractivity contribution in [2.45, 2.75) is 105 Å². The van der Waals surface area contributed by atoms with E-state index in [0.29, 0.717) is 0 Å². The maximum Gasteiger partial charge on any atom is 0.136 e. The van der Waals surface area contributed by atoms with E-state index >= 15 is 0 Å². The molecule has 0 radical (unpaired) electrons. The van der Waals surface area contributed by atoms with Crippen LogP contribution in [0.1, 0.15) is 105 Å². The second kappa shape index (κ2) is 15.7. The normalized spacial score (nSPS) is 13.7. The third-order valence-corrected chi connectivity index (χ3v) is 11.5. The van der Waals surface area contributed by atoms with Crippen molar-refractivity contribution in [2.75, 3.05) is 15.1 Å². The Morgan fingerprint density at radius 1 is 0.533 bits per heavy atom. The van der Waals surface area contributed by atoms with E-state index < -0.39 is 0 Å². The molecule has 6 heteroatoms. The smallest absolute Gasteiger partial charge is 0.136 e. The van der Waals surface area contributed by atoms with Crippen LogP contribution in [0.15, 0.2) is 122 Å². The number of benzene rings is 5. The average Bonchev–Trinajstić information content (AvgIpc) is 3.80. The fourth-order valence-electron chi connectivity index (χ4n) is 7.70. The minimum Gasteiger partial charge on any atom is -0.500 e. The molecule has 3 heterocycles. The number of hydrogen-bond donors (Lipinski definition) is 1. The molecule has 5 nitrogen and oxygen atoms in total. The van der Waals surface area contributed by atoms with Crippen LogP contribution in [-0.2, 0) is 42.7 Å². The van der Waals surface area contributed by atoms with E-state index in [9.17, 15) is 0 Å². The second-order valence-corrected chi connectivity index (χ2v) is 20.3. The summed E-state index contributed by atoms with van der Waals surface area (Å²) in [6.07, 6.45) is 6.18. The first-order valence-electron chi connectivity index (χ1n) is 20.9. The quantitative estimate of drug-likeness (QED) is 0.169. The minimum absolute atomic E-state index is 0. The molecule has 0 amide bonds. The van der Waals surface area contributed by atoms with Crippen molar-refractivity contribution in [3.05, 3.63) is 163 Å². The Bertz CT molecular complexity index is 2680. The summed E-state index contributed by atoms with van der Waals surface area (Å²) in [6.45, 7) is 29.4. The van der Waals surface area contributed by atoms with Gasteiger partial charge in [-0.05, 0) is 97.6 Å². The van der Waals surface area contributed by atoms with Gasteiger partial charge >= 0.3 is 0 Å². The molecule has 1 aliphatic rings. The fourth-order valence-corrected chi connectivity index (χ4v) is 7.70. The number of hydrogen-bond acceptors (Lipinski definition) is 4. The summed E-state index contributed by atoms with van der Waals surface area (Å²) < 4.78 is 2.24. The largest absolute Gasteiger partial charge is 0.500 e. The van der Waals surface area contributed by atoms with Crippen molar-refractivity contribution >= 4 is 44.6 Å². The topological polar surface area (TPSA) is 36.3 Å². The molecule has 0 bridgehead atoms. The second-order valence-electron chi connectivity index (χ2n) is 20.3. The molecule has 0 aliphatic carbocycles. The van der Waals surface area contributed by atoms with Gasteiger partial charge in [0.2, 0.25) is 0 Å². The summed E-state index contributed by atoms with van der Waals surface area (Å²) in [4.78, 5) is 9.32. The number of nitrogens with one attached hydrogen (secondary N) is 1. The summed E-state index contributed by atoms with van der Waals surface area (Å²) in [5.41, 5.74) is 13.5. The molecule has 312 valence electrons. The number of fused-ring (bicyclic) bond motifs is 3. The molecule has 7 aromatic rings. The third kappa shape index (κ3) is 8.70. The molecule has 0 spiro atoms. The first-order chi connectivity index (χ1) is 27.7. The Kier molecular flexibility index (Phi) is 11.3. The Morgan fingerprint density at radius 2 is 1.15 bits per heavy atom. The van der Waals surface area contributed by atoms with Crippen LogP contribution in [0.5, 0.6) is 0 Å². The Morgan fingerprint density at radius 3 is 1.80 bits per heavy atom. The van der Waals surface area contributed by atoms with E-state index in [1.807, 2.05) is 6.20 Å². The van der Waals surface area contributed by atoms with Gasteiger partial charge in [-0.1, -0.05) is 149 Å². The van der Waals surface area contributed by atoms with Gasteiger partial charge in [-0.3, -0.25) is 0 Å².